The normalized spacial score (nSPS) is 28.2. The average Bonchev–Trinajstić information content (AvgIpc) is 2.96. The molecule has 1 aliphatic heterocycles. The maximum atomic E-state index is 11.6. The molecule has 1 N–H and O–H groups in total. The number of nitrogens with zero attached hydrogens (tertiary/aromatic N) is 3. The first kappa shape index (κ1) is 12.9. The predicted molar refractivity (Wildman–Crippen MR) is 73.3 cm³/mol. The molecule has 5 nitrogen and oxygen atoms in total. The van der Waals surface area contributed by atoms with Crippen molar-refractivity contribution in [2.45, 2.75) is 32.2 Å². The van der Waals surface area contributed by atoms with E-state index in [0.717, 1.165) is 31.5 Å². The number of hydrogen-bond acceptors (Lipinski definition) is 4. The fraction of sp³-hybridized carbons (Fsp3) is 0.533. The van der Waals surface area contributed by atoms with Gasteiger partial charge in [-0.05, 0) is 43.7 Å². The minimum Gasteiger partial charge on any atom is -0.480 e. The molecule has 104 valence electrons. The van der Waals surface area contributed by atoms with Gasteiger partial charge in [0.1, 0.15) is 11.9 Å². The van der Waals surface area contributed by atoms with E-state index in [2.05, 4.69) is 11.1 Å². The molecule has 2 aliphatic rings. The average molecular weight is 271 g/mol. The minimum absolute atomic E-state index is 0.223. The van der Waals surface area contributed by atoms with Gasteiger partial charge in [0.2, 0.25) is 0 Å². The second kappa shape index (κ2) is 4.78. The Bertz CT molecular complexity index is 593. The first-order chi connectivity index (χ1) is 9.60. The summed E-state index contributed by atoms with van der Waals surface area (Å²) >= 11 is 0. The van der Waals surface area contributed by atoms with Gasteiger partial charge < -0.3 is 10.0 Å². The standard InChI is InChI=1S/C15H17N3O2/c1-9-5-10(7-16)6-13(17-9)18-8-11-3-2-4-12(11)14(18)15(19)20/h5-6,11-12,14H,2-4,8H2,1H3,(H,19,20). The molecule has 1 aliphatic carbocycles. The van der Waals surface area contributed by atoms with Gasteiger partial charge in [0.25, 0.3) is 0 Å². The topological polar surface area (TPSA) is 77.2 Å². The lowest BCUT2D eigenvalue weighted by Gasteiger charge is -2.25. The summed E-state index contributed by atoms with van der Waals surface area (Å²) in [5.74, 6) is 0.522. The molecule has 3 atom stereocenters. The Labute approximate surface area is 117 Å². The fourth-order valence-corrected chi connectivity index (χ4v) is 3.72. The van der Waals surface area contributed by atoms with Crippen LogP contribution in [0, 0.1) is 30.1 Å². The molecule has 0 amide bonds. The van der Waals surface area contributed by atoms with Crippen LogP contribution in [0.15, 0.2) is 12.1 Å². The zero-order chi connectivity index (χ0) is 14.3. The number of carboxylic acid groups (broad SMARTS) is 1. The summed E-state index contributed by atoms with van der Waals surface area (Å²) in [7, 11) is 0. The van der Waals surface area contributed by atoms with Gasteiger partial charge >= 0.3 is 5.97 Å². The maximum Gasteiger partial charge on any atom is 0.326 e. The number of aliphatic carboxylic acids is 1. The number of nitriles is 1. The van der Waals surface area contributed by atoms with Crippen molar-refractivity contribution >= 4 is 11.8 Å². The molecule has 5 heteroatoms. The van der Waals surface area contributed by atoms with Crippen molar-refractivity contribution in [2.24, 2.45) is 11.8 Å². The number of anilines is 1. The summed E-state index contributed by atoms with van der Waals surface area (Å²) in [6.07, 6.45) is 3.20. The smallest absolute Gasteiger partial charge is 0.326 e. The molecule has 0 aromatic carbocycles. The number of fused-ring (bicyclic) bond motifs is 1. The van der Waals surface area contributed by atoms with Gasteiger partial charge in [0.05, 0.1) is 11.6 Å². The van der Waals surface area contributed by atoms with Gasteiger partial charge in [-0.2, -0.15) is 5.26 Å². The predicted octanol–water partition coefficient (Wildman–Crippen LogP) is 1.95. The van der Waals surface area contributed by atoms with Gasteiger partial charge in [-0.3, -0.25) is 0 Å². The Morgan fingerprint density at radius 1 is 1.50 bits per heavy atom. The van der Waals surface area contributed by atoms with Crippen molar-refractivity contribution in [3.8, 4) is 6.07 Å². The first-order valence-electron chi connectivity index (χ1n) is 6.98. The van der Waals surface area contributed by atoms with E-state index in [1.54, 1.807) is 12.1 Å². The number of hydrogen-bond donors (Lipinski definition) is 1. The maximum absolute atomic E-state index is 11.6. The van der Waals surface area contributed by atoms with Crippen molar-refractivity contribution in [1.82, 2.24) is 4.98 Å². The molecule has 1 aromatic heterocycles. The highest BCUT2D eigenvalue weighted by Crippen LogP contribution is 2.43. The van der Waals surface area contributed by atoms with Crippen LogP contribution < -0.4 is 4.90 Å². The summed E-state index contributed by atoms with van der Waals surface area (Å²) < 4.78 is 0. The number of carboxylic acids is 1. The van der Waals surface area contributed by atoms with E-state index in [1.165, 1.54) is 0 Å². The lowest BCUT2D eigenvalue weighted by Crippen LogP contribution is -2.40. The number of carbonyl (C=O) groups is 1. The molecule has 3 rings (SSSR count). The quantitative estimate of drug-likeness (QED) is 0.889. The van der Waals surface area contributed by atoms with Crippen molar-refractivity contribution in [3.05, 3.63) is 23.4 Å². The van der Waals surface area contributed by atoms with E-state index in [0.29, 0.717) is 17.3 Å². The van der Waals surface area contributed by atoms with Crippen molar-refractivity contribution in [1.29, 1.82) is 5.26 Å². The molecule has 1 aromatic rings. The molecule has 2 fully saturated rings. The third-order valence-corrected chi connectivity index (χ3v) is 4.51. The number of pyridine rings is 1. The summed E-state index contributed by atoms with van der Waals surface area (Å²) in [6.45, 7) is 2.57. The molecule has 0 radical (unpaired) electrons. The van der Waals surface area contributed by atoms with Gasteiger partial charge in [-0.1, -0.05) is 6.42 Å². The third-order valence-electron chi connectivity index (χ3n) is 4.51. The lowest BCUT2D eigenvalue weighted by atomic mass is 9.94. The van der Waals surface area contributed by atoms with Crippen LogP contribution in [0.2, 0.25) is 0 Å². The van der Waals surface area contributed by atoms with Gasteiger partial charge in [-0.25, -0.2) is 9.78 Å². The summed E-state index contributed by atoms with van der Waals surface area (Å²) in [6, 6.07) is 5.03. The molecule has 3 unspecified atom stereocenters. The van der Waals surface area contributed by atoms with Crippen LogP contribution in [-0.4, -0.2) is 28.6 Å². The molecule has 1 saturated heterocycles. The highest BCUT2D eigenvalue weighted by molar-refractivity contribution is 5.79. The monoisotopic (exact) mass is 271 g/mol. The van der Waals surface area contributed by atoms with Crippen molar-refractivity contribution < 1.29 is 9.90 Å². The van der Waals surface area contributed by atoms with Crippen LogP contribution in [0.25, 0.3) is 0 Å². The van der Waals surface area contributed by atoms with Gasteiger partial charge in [0.15, 0.2) is 0 Å². The molecule has 2 heterocycles. The van der Waals surface area contributed by atoms with Gasteiger partial charge in [-0.15, -0.1) is 0 Å². The molecule has 20 heavy (non-hydrogen) atoms. The Kier molecular flexibility index (Phi) is 3.09. The van der Waals surface area contributed by atoms with Crippen LogP contribution in [0.4, 0.5) is 5.82 Å². The molecule has 1 saturated carbocycles. The second-order valence-corrected chi connectivity index (χ2v) is 5.76. The third kappa shape index (κ3) is 2.01. The van der Waals surface area contributed by atoms with Gasteiger partial charge in [0, 0.05) is 12.2 Å². The summed E-state index contributed by atoms with van der Waals surface area (Å²) in [5.41, 5.74) is 1.29. The number of aryl methyl sites for hydroxylation is 1. The van der Waals surface area contributed by atoms with Crippen LogP contribution in [0.5, 0.6) is 0 Å². The summed E-state index contributed by atoms with van der Waals surface area (Å²) in [5, 5.41) is 18.6. The minimum atomic E-state index is -0.777. The second-order valence-electron chi connectivity index (χ2n) is 5.76. The van der Waals surface area contributed by atoms with E-state index >= 15 is 0 Å². The van der Waals surface area contributed by atoms with E-state index in [9.17, 15) is 9.90 Å². The Morgan fingerprint density at radius 3 is 3.00 bits per heavy atom. The first-order valence-corrected chi connectivity index (χ1v) is 6.98. The fourth-order valence-electron chi connectivity index (χ4n) is 3.72. The van der Waals surface area contributed by atoms with Crippen LogP contribution in [-0.2, 0) is 4.79 Å². The Morgan fingerprint density at radius 2 is 2.30 bits per heavy atom. The number of rotatable bonds is 2. The zero-order valence-corrected chi connectivity index (χ0v) is 11.4. The van der Waals surface area contributed by atoms with E-state index in [-0.39, 0.29) is 5.92 Å². The van der Waals surface area contributed by atoms with Crippen LogP contribution in [0.3, 0.4) is 0 Å². The highest BCUT2D eigenvalue weighted by Gasteiger charge is 2.48. The summed E-state index contributed by atoms with van der Waals surface area (Å²) in [4.78, 5) is 17.9. The number of aromatic nitrogens is 1. The van der Waals surface area contributed by atoms with E-state index in [4.69, 9.17) is 5.26 Å². The van der Waals surface area contributed by atoms with E-state index in [1.807, 2.05) is 11.8 Å². The zero-order valence-electron chi connectivity index (χ0n) is 11.4. The lowest BCUT2D eigenvalue weighted by molar-refractivity contribution is -0.139. The largest absolute Gasteiger partial charge is 0.480 e. The molecule has 0 bridgehead atoms. The van der Waals surface area contributed by atoms with E-state index < -0.39 is 12.0 Å². The van der Waals surface area contributed by atoms with Crippen molar-refractivity contribution in [2.75, 3.05) is 11.4 Å². The highest BCUT2D eigenvalue weighted by atomic mass is 16.4. The Hall–Kier alpha value is -2.09. The van der Waals surface area contributed by atoms with Crippen LogP contribution >= 0.6 is 0 Å². The molecule has 0 spiro atoms. The van der Waals surface area contributed by atoms with Crippen LogP contribution in [0.1, 0.15) is 30.5 Å². The SMILES string of the molecule is Cc1cc(C#N)cc(N2CC3CCCC3C2C(=O)O)n1. The van der Waals surface area contributed by atoms with Crippen molar-refractivity contribution in [3.63, 3.8) is 0 Å². The molecular weight excluding hydrogens is 254 g/mol. The Balaban J connectivity index is 1.99. The molecular formula is C15H17N3O2.